The van der Waals surface area contributed by atoms with Crippen LogP contribution < -0.4 is 15.4 Å². The van der Waals surface area contributed by atoms with Crippen molar-refractivity contribution in [2.24, 2.45) is 4.99 Å². The highest BCUT2D eigenvalue weighted by Crippen LogP contribution is 2.21. The second-order valence-corrected chi connectivity index (χ2v) is 7.23. The van der Waals surface area contributed by atoms with E-state index in [1.807, 2.05) is 32.0 Å². The van der Waals surface area contributed by atoms with E-state index in [-0.39, 0.29) is 26.3 Å². The van der Waals surface area contributed by atoms with E-state index in [1.165, 1.54) is 4.90 Å². The van der Waals surface area contributed by atoms with Gasteiger partial charge in [0.2, 0.25) is 0 Å². The van der Waals surface area contributed by atoms with E-state index >= 15 is 0 Å². The Balaban J connectivity index is 1.70. The summed E-state index contributed by atoms with van der Waals surface area (Å²) in [6.45, 7) is 4.06. The minimum Gasteiger partial charge on any atom is -0.491 e. The predicted molar refractivity (Wildman–Crippen MR) is 106 cm³/mol. The zero-order chi connectivity index (χ0) is 21.1. The Morgan fingerprint density at radius 2 is 2.03 bits per heavy atom. The standard InChI is InChI=1S/C19H27N5O5/c1-11-4-5-14(8-12(11)2)29-10-13(26)9-24-15-16(21-18(24)20-6-7-25)23(3)19(28)22-17(15)27/h4-5,8,13,15-16,25-26H,6-7,9-10H2,1-3H3,(H,20,21)(H,22,27,28). The molecule has 3 amide bonds. The van der Waals surface area contributed by atoms with Crippen LogP contribution in [0.4, 0.5) is 4.79 Å². The van der Waals surface area contributed by atoms with Gasteiger partial charge in [-0.15, -0.1) is 0 Å². The molecule has 0 aliphatic carbocycles. The first-order valence-electron chi connectivity index (χ1n) is 9.46. The van der Waals surface area contributed by atoms with Crippen molar-refractivity contribution >= 4 is 17.9 Å². The number of hydrogen-bond donors (Lipinski definition) is 4. The molecule has 1 aromatic rings. The molecule has 4 N–H and O–H groups in total. The van der Waals surface area contributed by atoms with Crippen LogP contribution in [0.5, 0.6) is 5.75 Å². The third-order valence-electron chi connectivity index (χ3n) is 5.11. The van der Waals surface area contributed by atoms with Crippen LogP contribution in [-0.4, -0.2) is 89.6 Å². The molecule has 3 rings (SSSR count). The molecule has 0 spiro atoms. The van der Waals surface area contributed by atoms with Crippen molar-refractivity contribution in [3.8, 4) is 5.75 Å². The van der Waals surface area contributed by atoms with Crippen molar-refractivity contribution in [3.05, 3.63) is 29.3 Å². The molecule has 158 valence electrons. The summed E-state index contributed by atoms with van der Waals surface area (Å²) in [4.78, 5) is 31.6. The lowest BCUT2D eigenvalue weighted by Crippen LogP contribution is -2.65. The normalized spacial score (nSPS) is 23.7. The molecule has 0 bridgehead atoms. The summed E-state index contributed by atoms with van der Waals surface area (Å²) in [6.07, 6.45) is -1.52. The average Bonchev–Trinajstić information content (AvgIpc) is 3.04. The van der Waals surface area contributed by atoms with E-state index < -0.39 is 30.2 Å². The molecule has 2 saturated heterocycles. The third-order valence-corrected chi connectivity index (χ3v) is 5.11. The summed E-state index contributed by atoms with van der Waals surface area (Å²) in [5, 5.41) is 24.9. The van der Waals surface area contributed by atoms with Crippen molar-refractivity contribution in [1.29, 1.82) is 0 Å². The topological polar surface area (TPSA) is 127 Å². The number of nitrogens with zero attached hydrogens (tertiary/aromatic N) is 3. The van der Waals surface area contributed by atoms with Gasteiger partial charge in [0.15, 0.2) is 12.0 Å². The smallest absolute Gasteiger partial charge is 0.325 e. The molecule has 10 heteroatoms. The number of carbonyl (C=O) groups is 2. The maximum absolute atomic E-state index is 12.4. The molecule has 2 fully saturated rings. The molecule has 0 radical (unpaired) electrons. The maximum atomic E-state index is 12.4. The highest BCUT2D eigenvalue weighted by atomic mass is 16.5. The van der Waals surface area contributed by atoms with Gasteiger partial charge in [-0.3, -0.25) is 15.1 Å². The van der Waals surface area contributed by atoms with Gasteiger partial charge in [-0.2, -0.15) is 0 Å². The van der Waals surface area contributed by atoms with Crippen molar-refractivity contribution in [3.63, 3.8) is 0 Å². The number of aliphatic hydroxyl groups excluding tert-OH is 2. The van der Waals surface area contributed by atoms with Gasteiger partial charge in [0.1, 0.15) is 24.6 Å². The fraction of sp³-hybridized carbons (Fsp3) is 0.526. The number of hydrogen-bond acceptors (Lipinski definition) is 6. The molecular formula is C19H27N5O5. The number of ether oxygens (including phenoxy) is 1. The van der Waals surface area contributed by atoms with E-state index in [0.29, 0.717) is 11.7 Å². The molecular weight excluding hydrogens is 378 g/mol. The number of fused-ring (bicyclic) bond motifs is 1. The van der Waals surface area contributed by atoms with Crippen LogP contribution in [0.2, 0.25) is 0 Å². The average molecular weight is 405 g/mol. The fourth-order valence-corrected chi connectivity index (χ4v) is 3.35. The number of benzene rings is 1. The summed E-state index contributed by atoms with van der Waals surface area (Å²) in [5.41, 5.74) is 2.24. The summed E-state index contributed by atoms with van der Waals surface area (Å²) >= 11 is 0. The zero-order valence-electron chi connectivity index (χ0n) is 16.8. The van der Waals surface area contributed by atoms with Gasteiger partial charge in [0.05, 0.1) is 19.7 Å². The summed E-state index contributed by atoms with van der Waals surface area (Å²) in [6, 6.07) is 4.44. The molecule has 0 aromatic heterocycles. The molecule has 3 unspecified atom stereocenters. The fourth-order valence-electron chi connectivity index (χ4n) is 3.35. The first-order valence-corrected chi connectivity index (χ1v) is 9.46. The number of likely N-dealkylation sites (N-methyl/N-ethyl adjacent to an activating group) is 1. The van der Waals surface area contributed by atoms with Crippen molar-refractivity contribution < 1.29 is 24.5 Å². The van der Waals surface area contributed by atoms with Crippen molar-refractivity contribution in [2.45, 2.75) is 32.2 Å². The highest BCUT2D eigenvalue weighted by Gasteiger charge is 2.50. The molecule has 2 heterocycles. The number of nitrogens with one attached hydrogen (secondary N) is 2. The number of carbonyl (C=O) groups excluding carboxylic acids is 2. The lowest BCUT2D eigenvalue weighted by atomic mass is 10.1. The summed E-state index contributed by atoms with van der Waals surface area (Å²) in [7, 11) is 1.57. The molecule has 29 heavy (non-hydrogen) atoms. The van der Waals surface area contributed by atoms with Crippen LogP contribution in [0.3, 0.4) is 0 Å². The van der Waals surface area contributed by atoms with Gasteiger partial charge >= 0.3 is 6.03 Å². The van der Waals surface area contributed by atoms with Crippen LogP contribution in [0.1, 0.15) is 11.1 Å². The first-order chi connectivity index (χ1) is 13.8. The quantitative estimate of drug-likeness (QED) is 0.466. The first kappa shape index (κ1) is 20.9. The lowest BCUT2D eigenvalue weighted by Gasteiger charge is -2.35. The van der Waals surface area contributed by atoms with Crippen LogP contribution in [0.15, 0.2) is 23.2 Å². The Bertz CT molecular complexity index is 814. The minimum absolute atomic E-state index is 0.0278. The number of aliphatic imine (C=N–C) groups is 1. The number of amides is 3. The summed E-state index contributed by atoms with van der Waals surface area (Å²) in [5.74, 6) is 0.526. The Morgan fingerprint density at radius 1 is 1.28 bits per heavy atom. The second kappa shape index (κ2) is 8.66. The Kier molecular flexibility index (Phi) is 6.23. The van der Waals surface area contributed by atoms with Gasteiger partial charge < -0.3 is 30.1 Å². The van der Waals surface area contributed by atoms with E-state index in [9.17, 15) is 14.7 Å². The van der Waals surface area contributed by atoms with Gasteiger partial charge in [-0.05, 0) is 37.1 Å². The van der Waals surface area contributed by atoms with E-state index in [4.69, 9.17) is 9.84 Å². The third kappa shape index (κ3) is 4.43. The molecule has 2 aliphatic rings. The second-order valence-electron chi connectivity index (χ2n) is 7.23. The number of aliphatic hydroxyl groups is 2. The molecule has 1 aromatic carbocycles. The van der Waals surface area contributed by atoms with Gasteiger partial charge in [0, 0.05) is 7.05 Å². The predicted octanol–water partition coefficient (Wildman–Crippen LogP) is -0.827. The van der Waals surface area contributed by atoms with E-state index in [1.54, 1.807) is 11.9 Å². The molecule has 0 saturated carbocycles. The number of β-amino-alcohol motifs (C(OH)–C–C–N with tert-alkyl or cyclic N) is 1. The number of imide groups is 1. The largest absolute Gasteiger partial charge is 0.491 e. The van der Waals surface area contributed by atoms with Gasteiger partial charge in [0.25, 0.3) is 5.91 Å². The SMILES string of the molecule is Cc1ccc(OCC(O)CN2C(=NCCO)NC3C2C(=O)NC(=O)N3C)cc1C. The molecule has 2 aliphatic heterocycles. The van der Waals surface area contributed by atoms with Crippen molar-refractivity contribution in [2.75, 3.05) is 33.4 Å². The number of guanidine groups is 1. The monoisotopic (exact) mass is 405 g/mol. The van der Waals surface area contributed by atoms with Crippen LogP contribution in [-0.2, 0) is 4.79 Å². The number of aryl methyl sites for hydroxylation is 2. The number of urea groups is 1. The lowest BCUT2D eigenvalue weighted by molar-refractivity contribution is -0.127. The van der Waals surface area contributed by atoms with Crippen LogP contribution in [0.25, 0.3) is 0 Å². The highest BCUT2D eigenvalue weighted by molar-refractivity contribution is 6.04. The van der Waals surface area contributed by atoms with Gasteiger partial charge in [-0.25, -0.2) is 4.79 Å². The zero-order valence-corrected chi connectivity index (χ0v) is 16.8. The molecule has 10 nitrogen and oxygen atoms in total. The summed E-state index contributed by atoms with van der Waals surface area (Å²) < 4.78 is 5.69. The molecule has 3 atom stereocenters. The van der Waals surface area contributed by atoms with E-state index in [0.717, 1.165) is 11.1 Å². The maximum Gasteiger partial charge on any atom is 0.325 e. The van der Waals surface area contributed by atoms with Crippen LogP contribution in [0, 0.1) is 13.8 Å². The van der Waals surface area contributed by atoms with Crippen molar-refractivity contribution in [1.82, 2.24) is 20.4 Å². The number of rotatable bonds is 7. The Morgan fingerprint density at radius 3 is 2.72 bits per heavy atom. The Labute approximate surface area is 169 Å². The van der Waals surface area contributed by atoms with Crippen LogP contribution >= 0.6 is 0 Å². The van der Waals surface area contributed by atoms with Gasteiger partial charge in [-0.1, -0.05) is 6.07 Å². The van der Waals surface area contributed by atoms with E-state index in [2.05, 4.69) is 15.6 Å². The minimum atomic E-state index is -0.910. The Hall–Kier alpha value is -2.85.